The van der Waals surface area contributed by atoms with E-state index in [4.69, 9.17) is 14.6 Å². The van der Waals surface area contributed by atoms with Gasteiger partial charge in [-0.25, -0.2) is 4.79 Å². The SMILES string of the molecule is Cc1cc(C)cc(-n2ncc(CNc3ccc4c(c3)OCCNC4)n2)c1.O=C(O)C(F)(F)F. The minimum Gasteiger partial charge on any atom is -0.492 e. The molecule has 0 bridgehead atoms. The standard InChI is InChI=1S/C20H23N5O.C2HF3O2/c1-14-7-15(2)9-19(8-14)25-23-13-18(24-25)12-22-17-4-3-16-11-21-5-6-26-20(16)10-17;3-2(4,5)1(6)7/h3-4,7-10,13,21-22H,5-6,11-12H2,1-2H3;(H,6,7). The van der Waals surface area contributed by atoms with Crippen molar-refractivity contribution in [1.82, 2.24) is 20.3 Å². The number of carboxylic acid groups (broad SMARTS) is 1. The highest BCUT2D eigenvalue weighted by atomic mass is 19.4. The third-order valence-electron chi connectivity index (χ3n) is 4.61. The van der Waals surface area contributed by atoms with Crippen LogP contribution in [0.2, 0.25) is 0 Å². The molecule has 8 nitrogen and oxygen atoms in total. The van der Waals surface area contributed by atoms with Crippen LogP contribution in [0.4, 0.5) is 18.9 Å². The summed E-state index contributed by atoms with van der Waals surface area (Å²) in [5.41, 5.74) is 6.50. The molecule has 3 N–H and O–H groups in total. The Morgan fingerprint density at radius 3 is 2.58 bits per heavy atom. The molecule has 0 atom stereocenters. The number of aryl methyl sites for hydroxylation is 2. The van der Waals surface area contributed by atoms with Gasteiger partial charge in [0.05, 0.1) is 18.4 Å². The number of ether oxygens (including phenoxy) is 1. The highest BCUT2D eigenvalue weighted by Gasteiger charge is 2.38. The van der Waals surface area contributed by atoms with Crippen molar-refractivity contribution in [2.24, 2.45) is 0 Å². The second-order valence-electron chi connectivity index (χ2n) is 7.48. The number of carbonyl (C=O) groups is 1. The maximum atomic E-state index is 10.6. The smallest absolute Gasteiger partial charge is 0.490 e. The number of fused-ring (bicyclic) bond motifs is 1. The van der Waals surface area contributed by atoms with Gasteiger partial charge in [-0.05, 0) is 43.2 Å². The van der Waals surface area contributed by atoms with Crippen molar-refractivity contribution in [3.8, 4) is 11.4 Å². The van der Waals surface area contributed by atoms with Gasteiger partial charge < -0.3 is 20.5 Å². The van der Waals surface area contributed by atoms with E-state index in [1.54, 1.807) is 11.0 Å². The van der Waals surface area contributed by atoms with Crippen LogP contribution >= 0.6 is 0 Å². The molecule has 2 heterocycles. The molecule has 11 heteroatoms. The highest BCUT2D eigenvalue weighted by Crippen LogP contribution is 2.25. The number of halogens is 3. The number of aliphatic carboxylic acids is 1. The van der Waals surface area contributed by atoms with Crippen LogP contribution in [0.5, 0.6) is 5.75 Å². The lowest BCUT2D eigenvalue weighted by molar-refractivity contribution is -0.192. The van der Waals surface area contributed by atoms with Gasteiger partial charge in [0.2, 0.25) is 0 Å². The molecule has 0 radical (unpaired) electrons. The normalized spacial score (nSPS) is 13.1. The number of alkyl halides is 3. The lowest BCUT2D eigenvalue weighted by Gasteiger charge is -2.10. The second-order valence-corrected chi connectivity index (χ2v) is 7.48. The first kappa shape index (κ1) is 24.1. The van der Waals surface area contributed by atoms with E-state index in [-0.39, 0.29) is 0 Å². The molecule has 4 rings (SSSR count). The van der Waals surface area contributed by atoms with Crippen LogP contribution < -0.4 is 15.4 Å². The number of benzene rings is 2. The summed E-state index contributed by atoms with van der Waals surface area (Å²) in [5, 5.41) is 22.8. The maximum Gasteiger partial charge on any atom is 0.490 e. The van der Waals surface area contributed by atoms with Crippen LogP contribution in [0.1, 0.15) is 22.4 Å². The van der Waals surface area contributed by atoms with Crippen molar-refractivity contribution in [3.05, 3.63) is 65.0 Å². The van der Waals surface area contributed by atoms with Crippen LogP contribution in [0, 0.1) is 13.8 Å². The van der Waals surface area contributed by atoms with Crippen LogP contribution in [-0.4, -0.2) is 45.4 Å². The average Bonchev–Trinajstić information content (AvgIpc) is 3.09. The second kappa shape index (κ2) is 10.3. The number of rotatable bonds is 4. The zero-order chi connectivity index (χ0) is 24.0. The molecule has 176 valence electrons. The van der Waals surface area contributed by atoms with Gasteiger partial charge in [-0.15, -0.1) is 0 Å². The van der Waals surface area contributed by atoms with E-state index in [0.29, 0.717) is 13.2 Å². The molecule has 1 aromatic heterocycles. The first-order valence-electron chi connectivity index (χ1n) is 10.1. The minimum atomic E-state index is -5.08. The Bertz CT molecular complexity index is 1090. The minimum absolute atomic E-state index is 0.613. The summed E-state index contributed by atoms with van der Waals surface area (Å²) < 4.78 is 37.5. The van der Waals surface area contributed by atoms with E-state index in [2.05, 4.69) is 71.1 Å². The van der Waals surface area contributed by atoms with E-state index >= 15 is 0 Å². The van der Waals surface area contributed by atoms with Gasteiger partial charge in [-0.1, -0.05) is 12.1 Å². The number of hydrogen-bond acceptors (Lipinski definition) is 6. The molecular formula is C22H24F3N5O3. The molecule has 3 aromatic rings. The van der Waals surface area contributed by atoms with E-state index in [1.165, 1.54) is 16.7 Å². The maximum absolute atomic E-state index is 10.6. The Labute approximate surface area is 188 Å². The van der Waals surface area contributed by atoms with Crippen LogP contribution in [-0.2, 0) is 17.9 Å². The quantitative estimate of drug-likeness (QED) is 0.543. The summed E-state index contributed by atoms with van der Waals surface area (Å²) in [6, 6.07) is 12.5. The van der Waals surface area contributed by atoms with Gasteiger partial charge in [0.25, 0.3) is 0 Å². The molecule has 0 aliphatic carbocycles. The zero-order valence-corrected chi connectivity index (χ0v) is 18.1. The molecule has 1 aliphatic heterocycles. The molecule has 0 saturated heterocycles. The summed E-state index contributed by atoms with van der Waals surface area (Å²) in [6.45, 7) is 7.19. The summed E-state index contributed by atoms with van der Waals surface area (Å²) in [4.78, 5) is 10.6. The Kier molecular flexibility index (Phi) is 7.54. The van der Waals surface area contributed by atoms with E-state index in [1.807, 2.05) is 0 Å². The predicted molar refractivity (Wildman–Crippen MR) is 115 cm³/mol. The van der Waals surface area contributed by atoms with Gasteiger partial charge in [0.1, 0.15) is 18.1 Å². The molecule has 0 spiro atoms. The lowest BCUT2D eigenvalue weighted by atomic mass is 10.1. The lowest BCUT2D eigenvalue weighted by Crippen LogP contribution is -2.21. The van der Waals surface area contributed by atoms with Gasteiger partial charge in [0.15, 0.2) is 0 Å². The summed E-state index contributed by atoms with van der Waals surface area (Å²) >= 11 is 0. The average molecular weight is 463 g/mol. The third-order valence-corrected chi connectivity index (χ3v) is 4.61. The molecule has 2 aromatic carbocycles. The van der Waals surface area contributed by atoms with Gasteiger partial charge in [-0.2, -0.15) is 28.2 Å². The molecule has 1 aliphatic rings. The molecule has 33 heavy (non-hydrogen) atoms. The van der Waals surface area contributed by atoms with Gasteiger partial charge in [0, 0.05) is 30.4 Å². The highest BCUT2D eigenvalue weighted by molar-refractivity contribution is 5.73. The number of aromatic nitrogens is 3. The van der Waals surface area contributed by atoms with Crippen molar-refractivity contribution in [1.29, 1.82) is 0 Å². The first-order chi connectivity index (χ1) is 15.6. The van der Waals surface area contributed by atoms with Crippen LogP contribution in [0.3, 0.4) is 0 Å². The third kappa shape index (κ3) is 6.94. The Morgan fingerprint density at radius 2 is 1.91 bits per heavy atom. The molecule has 0 unspecified atom stereocenters. The van der Waals surface area contributed by atoms with E-state index < -0.39 is 12.1 Å². The fourth-order valence-electron chi connectivity index (χ4n) is 3.16. The fraction of sp³-hybridized carbons (Fsp3) is 0.318. The van der Waals surface area contributed by atoms with Crippen LogP contribution in [0.15, 0.2) is 42.6 Å². The Morgan fingerprint density at radius 1 is 1.21 bits per heavy atom. The fourth-order valence-corrected chi connectivity index (χ4v) is 3.16. The van der Waals surface area contributed by atoms with Crippen molar-refractivity contribution < 1.29 is 27.8 Å². The Hall–Kier alpha value is -3.60. The zero-order valence-electron chi connectivity index (χ0n) is 18.1. The monoisotopic (exact) mass is 463 g/mol. The van der Waals surface area contributed by atoms with E-state index in [0.717, 1.165) is 35.9 Å². The van der Waals surface area contributed by atoms with Crippen molar-refractivity contribution in [3.63, 3.8) is 0 Å². The number of hydrogen-bond donors (Lipinski definition) is 3. The van der Waals surface area contributed by atoms with Crippen molar-refractivity contribution >= 4 is 11.7 Å². The number of nitrogens with one attached hydrogen (secondary N) is 2. The predicted octanol–water partition coefficient (Wildman–Crippen LogP) is 3.61. The Balaban J connectivity index is 0.000000383. The molecule has 0 saturated carbocycles. The number of anilines is 1. The topological polar surface area (TPSA) is 101 Å². The summed E-state index contributed by atoms with van der Waals surface area (Å²) in [7, 11) is 0. The molecular weight excluding hydrogens is 439 g/mol. The van der Waals surface area contributed by atoms with Crippen molar-refractivity contribution in [2.45, 2.75) is 33.1 Å². The summed E-state index contributed by atoms with van der Waals surface area (Å²) in [6.07, 6.45) is -3.28. The van der Waals surface area contributed by atoms with Crippen LogP contribution in [0.25, 0.3) is 5.69 Å². The van der Waals surface area contributed by atoms with Gasteiger partial charge >= 0.3 is 12.1 Å². The van der Waals surface area contributed by atoms with Crippen molar-refractivity contribution in [2.75, 3.05) is 18.5 Å². The summed E-state index contributed by atoms with van der Waals surface area (Å²) in [5.74, 6) is -1.81. The largest absolute Gasteiger partial charge is 0.492 e. The number of nitrogens with zero attached hydrogens (tertiary/aromatic N) is 3. The number of carboxylic acids is 1. The van der Waals surface area contributed by atoms with E-state index in [9.17, 15) is 13.2 Å². The molecule has 0 fully saturated rings. The molecule has 0 amide bonds. The van der Waals surface area contributed by atoms with Gasteiger partial charge in [-0.3, -0.25) is 0 Å². The first-order valence-corrected chi connectivity index (χ1v) is 10.1.